The average Bonchev–Trinajstić information content (AvgIpc) is 3.88. The number of aromatic nitrogens is 2. The second-order valence-corrected chi connectivity index (χ2v) is 16.4. The van der Waals surface area contributed by atoms with Crippen LogP contribution in [0.1, 0.15) is 5.56 Å². The lowest BCUT2D eigenvalue weighted by molar-refractivity contribution is 1.10. The monoisotopic (exact) mass is 813 g/mol. The molecule has 0 unspecified atom stereocenters. The van der Waals surface area contributed by atoms with E-state index in [-0.39, 0.29) is 0 Å². The molecule has 2 heterocycles. The molecule has 3 nitrogen and oxygen atoms in total. The maximum atomic E-state index is 9.85. The second-order valence-electron chi connectivity index (χ2n) is 16.4. The van der Waals surface area contributed by atoms with E-state index in [1.54, 1.807) is 0 Å². The molecule has 0 aliphatic rings. The van der Waals surface area contributed by atoms with Gasteiger partial charge in [0.25, 0.3) is 0 Å². The van der Waals surface area contributed by atoms with Gasteiger partial charge in [-0.1, -0.05) is 170 Å². The largest absolute Gasteiger partial charge is 0.307 e. The molecule has 64 heavy (non-hydrogen) atoms. The van der Waals surface area contributed by atoms with Crippen molar-refractivity contribution in [3.8, 4) is 73.1 Å². The molecular weight excluding hydrogens is 775 g/mol. The summed E-state index contributed by atoms with van der Waals surface area (Å²) in [6, 6.07) is 87.3. The number of hydrogen-bond acceptors (Lipinski definition) is 1. The first-order chi connectivity index (χ1) is 31.7. The Morgan fingerprint density at radius 3 is 0.984 bits per heavy atom. The fourth-order valence-electron chi connectivity index (χ4n) is 9.69. The Morgan fingerprint density at radius 1 is 0.281 bits per heavy atom. The number of benzene rings is 10. The maximum Gasteiger partial charge on any atom is 0.0991 e. The third kappa shape index (κ3) is 6.20. The molecule has 12 aromatic rings. The van der Waals surface area contributed by atoms with E-state index in [9.17, 15) is 5.26 Å². The van der Waals surface area contributed by atoms with Gasteiger partial charge < -0.3 is 9.13 Å². The predicted molar refractivity (Wildman–Crippen MR) is 267 cm³/mol. The lowest BCUT2D eigenvalue weighted by Gasteiger charge is -2.21. The molecule has 10 aromatic carbocycles. The van der Waals surface area contributed by atoms with E-state index in [2.05, 4.69) is 240 Å². The number of nitrogens with zero attached hydrogens (tertiary/aromatic N) is 3. The molecule has 0 spiro atoms. The van der Waals surface area contributed by atoms with Gasteiger partial charge in [0.2, 0.25) is 0 Å². The van der Waals surface area contributed by atoms with Gasteiger partial charge in [0, 0.05) is 27.1 Å². The maximum absolute atomic E-state index is 9.85. The summed E-state index contributed by atoms with van der Waals surface area (Å²) in [7, 11) is 0. The Labute approximate surface area is 371 Å². The van der Waals surface area contributed by atoms with Gasteiger partial charge in [0.05, 0.1) is 45.1 Å². The van der Waals surface area contributed by atoms with E-state index in [0.29, 0.717) is 5.56 Å². The van der Waals surface area contributed by atoms with Gasteiger partial charge in [-0.15, -0.1) is 0 Å². The summed E-state index contributed by atoms with van der Waals surface area (Å²) in [4.78, 5) is 0. The number of hydrogen-bond donors (Lipinski definition) is 0. The molecule has 2 aromatic heterocycles. The van der Waals surface area contributed by atoms with Gasteiger partial charge in [-0.3, -0.25) is 0 Å². The Kier molecular flexibility index (Phi) is 8.88. The Hall–Kier alpha value is -8.71. The minimum atomic E-state index is 0.631. The fraction of sp³-hybridized carbons (Fsp3) is 0. The van der Waals surface area contributed by atoms with Gasteiger partial charge in [-0.2, -0.15) is 5.26 Å². The van der Waals surface area contributed by atoms with Crippen LogP contribution in [0.2, 0.25) is 0 Å². The molecule has 0 N–H and O–H groups in total. The van der Waals surface area contributed by atoms with Crippen LogP contribution in [0.4, 0.5) is 0 Å². The number of para-hydroxylation sites is 1. The standard InChI is InChI=1S/C61H39N3/c62-40-41-24-26-46(27-25-41)51-22-13-23-60(63-56-32-28-47(42-14-5-1-6-15-42)36-52(56)53-37-48(29-33-57(53)63)43-16-7-2-8-17-43)61(51)64-58-34-30-49(44-18-9-3-10-19-44)38-54(58)55-39-50(31-35-59(55)64)45-20-11-4-12-21-45/h1-39H. The summed E-state index contributed by atoms with van der Waals surface area (Å²) in [5, 5.41) is 14.6. The van der Waals surface area contributed by atoms with Crippen LogP contribution >= 0.6 is 0 Å². The highest BCUT2D eigenvalue weighted by Crippen LogP contribution is 2.45. The molecule has 298 valence electrons. The smallest absolute Gasteiger partial charge is 0.0991 e. The van der Waals surface area contributed by atoms with E-state index in [1.807, 2.05) is 12.1 Å². The van der Waals surface area contributed by atoms with Crippen molar-refractivity contribution >= 4 is 43.6 Å². The zero-order valence-corrected chi connectivity index (χ0v) is 34.9. The average molecular weight is 814 g/mol. The van der Waals surface area contributed by atoms with Crippen LogP contribution in [-0.2, 0) is 0 Å². The summed E-state index contributed by atoms with van der Waals surface area (Å²) in [6.45, 7) is 0. The lowest BCUT2D eigenvalue weighted by Crippen LogP contribution is -2.05. The highest BCUT2D eigenvalue weighted by molar-refractivity contribution is 6.14. The van der Waals surface area contributed by atoms with Gasteiger partial charge >= 0.3 is 0 Å². The molecule has 0 bridgehead atoms. The molecule has 0 saturated carbocycles. The minimum Gasteiger partial charge on any atom is -0.307 e. The molecule has 0 amide bonds. The number of nitriles is 1. The van der Waals surface area contributed by atoms with Crippen molar-refractivity contribution in [2.45, 2.75) is 0 Å². The molecular formula is C61H39N3. The normalized spacial score (nSPS) is 11.4. The molecule has 0 aliphatic carbocycles. The molecule has 0 aliphatic heterocycles. The fourth-order valence-corrected chi connectivity index (χ4v) is 9.69. The topological polar surface area (TPSA) is 33.6 Å². The highest BCUT2D eigenvalue weighted by atomic mass is 15.1. The quantitative estimate of drug-likeness (QED) is 0.158. The van der Waals surface area contributed by atoms with Crippen LogP contribution in [0.3, 0.4) is 0 Å². The van der Waals surface area contributed by atoms with E-state index in [4.69, 9.17) is 0 Å². The van der Waals surface area contributed by atoms with Crippen molar-refractivity contribution in [2.24, 2.45) is 0 Å². The number of rotatable bonds is 7. The van der Waals surface area contributed by atoms with Crippen molar-refractivity contribution in [1.82, 2.24) is 9.13 Å². The predicted octanol–water partition coefficient (Wildman–Crippen LogP) is 16.1. The zero-order valence-electron chi connectivity index (χ0n) is 34.9. The first-order valence-corrected chi connectivity index (χ1v) is 21.7. The molecule has 0 radical (unpaired) electrons. The Balaban J connectivity index is 1.20. The summed E-state index contributed by atoms with van der Waals surface area (Å²) in [5.74, 6) is 0. The Bertz CT molecular complexity index is 3550. The molecule has 0 atom stereocenters. The summed E-state index contributed by atoms with van der Waals surface area (Å²) in [5.41, 5.74) is 18.7. The van der Waals surface area contributed by atoms with E-state index in [1.165, 1.54) is 66.1 Å². The first-order valence-electron chi connectivity index (χ1n) is 21.7. The third-order valence-electron chi connectivity index (χ3n) is 12.8. The third-order valence-corrected chi connectivity index (χ3v) is 12.8. The minimum absolute atomic E-state index is 0.631. The Morgan fingerprint density at radius 2 is 0.625 bits per heavy atom. The van der Waals surface area contributed by atoms with Gasteiger partial charge in [-0.05, 0) is 117 Å². The molecule has 12 rings (SSSR count). The van der Waals surface area contributed by atoms with Crippen molar-refractivity contribution < 1.29 is 0 Å². The van der Waals surface area contributed by atoms with Crippen LogP contribution in [0.25, 0.3) is 111 Å². The van der Waals surface area contributed by atoms with Crippen molar-refractivity contribution in [3.63, 3.8) is 0 Å². The van der Waals surface area contributed by atoms with Crippen LogP contribution in [0.15, 0.2) is 237 Å². The van der Waals surface area contributed by atoms with E-state index in [0.717, 1.165) is 44.6 Å². The molecule has 0 fully saturated rings. The summed E-state index contributed by atoms with van der Waals surface area (Å²) >= 11 is 0. The van der Waals surface area contributed by atoms with Crippen molar-refractivity contribution in [3.05, 3.63) is 242 Å². The number of fused-ring (bicyclic) bond motifs is 6. The van der Waals surface area contributed by atoms with Crippen molar-refractivity contribution in [2.75, 3.05) is 0 Å². The van der Waals surface area contributed by atoms with Crippen LogP contribution in [0, 0.1) is 11.3 Å². The van der Waals surface area contributed by atoms with E-state index < -0.39 is 0 Å². The van der Waals surface area contributed by atoms with Gasteiger partial charge in [0.1, 0.15) is 0 Å². The molecule has 3 heteroatoms. The van der Waals surface area contributed by atoms with Crippen molar-refractivity contribution in [1.29, 1.82) is 5.26 Å². The molecule has 0 saturated heterocycles. The van der Waals surface area contributed by atoms with Gasteiger partial charge in [-0.25, -0.2) is 0 Å². The highest BCUT2D eigenvalue weighted by Gasteiger charge is 2.24. The zero-order chi connectivity index (χ0) is 42.6. The summed E-state index contributed by atoms with van der Waals surface area (Å²) < 4.78 is 4.94. The van der Waals surface area contributed by atoms with E-state index >= 15 is 0 Å². The van der Waals surface area contributed by atoms with Gasteiger partial charge in [0.15, 0.2) is 0 Å². The SMILES string of the molecule is N#Cc1ccc(-c2cccc(-n3c4ccc(-c5ccccc5)cc4c4cc(-c5ccccc5)ccc43)c2-n2c3ccc(-c4ccccc4)cc3c3cc(-c4ccccc4)ccc32)cc1. The van der Waals surface area contributed by atoms with Crippen LogP contribution in [-0.4, -0.2) is 9.13 Å². The summed E-state index contributed by atoms with van der Waals surface area (Å²) in [6.07, 6.45) is 0. The van der Waals surface area contributed by atoms with Crippen LogP contribution < -0.4 is 0 Å². The lowest BCUT2D eigenvalue weighted by atomic mass is 10.00. The van der Waals surface area contributed by atoms with Crippen LogP contribution in [0.5, 0.6) is 0 Å². The first kappa shape index (κ1) is 37.1. The second kappa shape index (κ2) is 15.3.